The van der Waals surface area contributed by atoms with E-state index in [1.165, 1.54) is 0 Å². The van der Waals surface area contributed by atoms with E-state index in [9.17, 15) is 9.28 Å². The highest BCUT2D eigenvalue weighted by Gasteiger charge is 2.24. The second kappa shape index (κ2) is 6.36. The molecule has 0 bridgehead atoms. The van der Waals surface area contributed by atoms with Gasteiger partial charge in [0, 0.05) is 0 Å². The number of benzene rings is 1. The van der Waals surface area contributed by atoms with Crippen LogP contribution in [0.15, 0.2) is 36.4 Å². The molecule has 0 aromatic heterocycles. The third-order valence-corrected chi connectivity index (χ3v) is 2.29. The molecule has 0 aliphatic carbocycles. The summed E-state index contributed by atoms with van der Waals surface area (Å²) in [4.78, 5) is 11.5. The van der Waals surface area contributed by atoms with Crippen LogP contribution >= 0.6 is 0 Å². The lowest BCUT2D eigenvalue weighted by molar-refractivity contribution is -0.0402. The van der Waals surface area contributed by atoms with Crippen LogP contribution in [0.4, 0.5) is 9.28 Å². The minimum atomic E-state index is -0.974. The molecule has 0 fully saturated rings. The minimum absolute atomic E-state index is 0.0880. The monoisotopic (exact) mass is 265 g/mol. The van der Waals surface area contributed by atoms with Crippen LogP contribution in [0.1, 0.15) is 33.3 Å². The van der Waals surface area contributed by atoms with E-state index in [1.54, 1.807) is 39.8 Å². The molecule has 1 aromatic rings. The molecule has 0 spiro atoms. The number of amides is 1. The summed E-state index contributed by atoms with van der Waals surface area (Å²) in [7, 11) is 0. The van der Waals surface area contributed by atoms with E-state index in [-0.39, 0.29) is 5.12 Å². The molecule has 3 nitrogen and oxygen atoms in total. The summed E-state index contributed by atoms with van der Waals surface area (Å²) < 4.78 is 18.7. The Morgan fingerprint density at radius 3 is 2.42 bits per heavy atom. The Morgan fingerprint density at radius 1 is 1.32 bits per heavy atom. The number of nitrogens with zero attached hydrogens (tertiary/aromatic N) is 1. The molecule has 0 aliphatic heterocycles. The van der Waals surface area contributed by atoms with Crippen molar-refractivity contribution in [3.8, 4) is 0 Å². The first-order valence-corrected chi connectivity index (χ1v) is 6.21. The van der Waals surface area contributed by atoms with Gasteiger partial charge in [-0.3, -0.25) is 0 Å². The van der Waals surface area contributed by atoms with Gasteiger partial charge in [-0.25, -0.2) is 4.79 Å². The molecular formula is C15H20FNO2. The van der Waals surface area contributed by atoms with Crippen molar-refractivity contribution in [1.29, 1.82) is 0 Å². The van der Waals surface area contributed by atoms with E-state index >= 15 is 0 Å². The second-order valence-electron chi connectivity index (χ2n) is 5.30. The zero-order valence-electron chi connectivity index (χ0n) is 11.8. The standard InChI is InChI=1S/C15H20FNO2/c1-12(10-11-13-8-6-5-7-9-13)17(16)14(18)19-15(2,3)4/h5-12H,1-4H3. The highest BCUT2D eigenvalue weighted by Crippen LogP contribution is 2.13. The molecule has 0 saturated heterocycles. The molecule has 1 rings (SSSR count). The molecule has 104 valence electrons. The van der Waals surface area contributed by atoms with E-state index in [0.717, 1.165) is 5.56 Å². The van der Waals surface area contributed by atoms with Crippen molar-refractivity contribution in [3.63, 3.8) is 0 Å². The zero-order chi connectivity index (χ0) is 14.5. The molecule has 0 saturated carbocycles. The van der Waals surface area contributed by atoms with Crippen molar-refractivity contribution in [2.45, 2.75) is 39.3 Å². The molecule has 1 aromatic carbocycles. The fourth-order valence-corrected chi connectivity index (χ4v) is 1.36. The van der Waals surface area contributed by atoms with Crippen LogP contribution in [0, 0.1) is 0 Å². The van der Waals surface area contributed by atoms with Gasteiger partial charge in [-0.1, -0.05) is 47.0 Å². The number of ether oxygens (including phenoxy) is 1. The maximum Gasteiger partial charge on any atom is 0.439 e. The summed E-state index contributed by atoms with van der Waals surface area (Å²) in [5, 5.41) is 0.0880. The molecular weight excluding hydrogens is 245 g/mol. The van der Waals surface area contributed by atoms with Crippen LogP contribution in [-0.4, -0.2) is 22.9 Å². The SMILES string of the molecule is CC(C=Cc1ccccc1)N(F)C(=O)OC(C)(C)C. The molecule has 19 heavy (non-hydrogen) atoms. The molecule has 1 amide bonds. The summed E-state index contributed by atoms with van der Waals surface area (Å²) in [6, 6.07) is 8.81. The van der Waals surface area contributed by atoms with Crippen molar-refractivity contribution in [3.05, 3.63) is 42.0 Å². The van der Waals surface area contributed by atoms with Gasteiger partial charge < -0.3 is 4.74 Å². The van der Waals surface area contributed by atoms with Gasteiger partial charge in [0.05, 0.1) is 6.04 Å². The molecule has 4 heteroatoms. The lowest BCUT2D eigenvalue weighted by Gasteiger charge is -2.23. The largest absolute Gasteiger partial charge is 0.442 e. The van der Waals surface area contributed by atoms with Crippen molar-refractivity contribution in [1.82, 2.24) is 5.12 Å². The lowest BCUT2D eigenvalue weighted by Crippen LogP contribution is -2.35. The number of carbonyl (C=O) groups is 1. The fraction of sp³-hybridized carbons (Fsp3) is 0.400. The predicted molar refractivity (Wildman–Crippen MR) is 74.1 cm³/mol. The Balaban J connectivity index is 2.60. The average Bonchev–Trinajstić information content (AvgIpc) is 2.34. The van der Waals surface area contributed by atoms with Crippen molar-refractivity contribution >= 4 is 12.2 Å². The van der Waals surface area contributed by atoms with Gasteiger partial charge in [0.2, 0.25) is 0 Å². The number of halogens is 1. The van der Waals surface area contributed by atoms with E-state index in [1.807, 2.05) is 30.3 Å². The third kappa shape index (κ3) is 5.55. The van der Waals surface area contributed by atoms with Crippen LogP contribution in [0.5, 0.6) is 0 Å². The molecule has 1 unspecified atom stereocenters. The molecule has 0 radical (unpaired) electrons. The van der Waals surface area contributed by atoms with E-state index in [0.29, 0.717) is 0 Å². The van der Waals surface area contributed by atoms with Crippen LogP contribution in [-0.2, 0) is 4.74 Å². The van der Waals surface area contributed by atoms with Crippen molar-refractivity contribution in [2.75, 3.05) is 0 Å². The Labute approximate surface area is 113 Å². The maximum atomic E-state index is 13.7. The van der Waals surface area contributed by atoms with Gasteiger partial charge in [-0.05, 0) is 33.3 Å². The predicted octanol–water partition coefficient (Wildman–Crippen LogP) is 4.21. The minimum Gasteiger partial charge on any atom is -0.442 e. The van der Waals surface area contributed by atoms with Crippen LogP contribution in [0.3, 0.4) is 0 Å². The quantitative estimate of drug-likeness (QED) is 0.766. The topological polar surface area (TPSA) is 29.5 Å². The summed E-state index contributed by atoms with van der Waals surface area (Å²) in [6.07, 6.45) is 2.40. The Hall–Kier alpha value is -1.84. The van der Waals surface area contributed by atoms with E-state index < -0.39 is 17.7 Å². The smallest absolute Gasteiger partial charge is 0.439 e. The first-order valence-electron chi connectivity index (χ1n) is 6.21. The van der Waals surface area contributed by atoms with Crippen molar-refractivity contribution in [2.24, 2.45) is 0 Å². The molecule has 0 aliphatic rings. The normalized spacial score (nSPS) is 13.3. The summed E-state index contributed by atoms with van der Waals surface area (Å²) in [5.41, 5.74) is 0.247. The highest BCUT2D eigenvalue weighted by atomic mass is 19.2. The lowest BCUT2D eigenvalue weighted by atomic mass is 10.2. The first kappa shape index (κ1) is 15.2. The van der Waals surface area contributed by atoms with Crippen molar-refractivity contribution < 1.29 is 14.0 Å². The van der Waals surface area contributed by atoms with Gasteiger partial charge in [0.25, 0.3) is 0 Å². The number of rotatable bonds is 3. The van der Waals surface area contributed by atoms with Gasteiger partial charge in [-0.2, -0.15) is 0 Å². The second-order valence-corrected chi connectivity index (χ2v) is 5.30. The average molecular weight is 265 g/mol. The fourth-order valence-electron chi connectivity index (χ4n) is 1.36. The summed E-state index contributed by atoms with van der Waals surface area (Å²) in [5.74, 6) is 0. The number of carbonyl (C=O) groups excluding carboxylic acids is 1. The Kier molecular flexibility index (Phi) is 5.10. The summed E-state index contributed by atoms with van der Waals surface area (Å²) >= 11 is 0. The van der Waals surface area contributed by atoms with Crippen LogP contribution in [0.2, 0.25) is 0 Å². The third-order valence-electron chi connectivity index (χ3n) is 2.29. The highest BCUT2D eigenvalue weighted by molar-refractivity contribution is 5.67. The Morgan fingerprint density at radius 2 is 1.89 bits per heavy atom. The van der Waals surface area contributed by atoms with Gasteiger partial charge >= 0.3 is 6.09 Å². The van der Waals surface area contributed by atoms with Gasteiger partial charge in [-0.15, -0.1) is 5.12 Å². The summed E-state index contributed by atoms with van der Waals surface area (Å²) in [6.45, 7) is 6.68. The number of hydrogen-bond acceptors (Lipinski definition) is 2. The Bertz CT molecular complexity index is 437. The molecule has 1 atom stereocenters. The molecule has 0 N–H and O–H groups in total. The maximum absolute atomic E-state index is 13.7. The first-order chi connectivity index (χ1) is 8.79. The van der Waals surface area contributed by atoms with E-state index in [2.05, 4.69) is 0 Å². The zero-order valence-corrected chi connectivity index (χ0v) is 11.8. The van der Waals surface area contributed by atoms with Gasteiger partial charge in [0.15, 0.2) is 0 Å². The number of hydrogen-bond donors (Lipinski definition) is 0. The van der Waals surface area contributed by atoms with Crippen LogP contribution in [0.25, 0.3) is 6.08 Å². The molecule has 0 heterocycles. The van der Waals surface area contributed by atoms with Crippen LogP contribution < -0.4 is 0 Å². The van der Waals surface area contributed by atoms with E-state index in [4.69, 9.17) is 4.74 Å². The van der Waals surface area contributed by atoms with Gasteiger partial charge in [0.1, 0.15) is 5.60 Å².